The van der Waals surface area contributed by atoms with Crippen molar-refractivity contribution in [3.05, 3.63) is 0 Å². The number of nitrogens with zero attached hydrogens (tertiary/aromatic N) is 5. The lowest BCUT2D eigenvalue weighted by Crippen LogP contribution is -2.65. The number of hydrogen-bond acceptors (Lipinski definition) is 21. The van der Waals surface area contributed by atoms with Gasteiger partial charge in [0.15, 0.2) is 6.10 Å². The lowest BCUT2D eigenvalue weighted by Gasteiger charge is -2.44. The maximum Gasteiger partial charge on any atom is 0.214 e. The SMILES string of the molecule is ON(O)OCC1O[C@@H](ON(O)O)C(ON(O)O)C(ON(O)O)[C@@H]1ON(O)O. The van der Waals surface area contributed by atoms with Crippen LogP contribution in [0.4, 0.5) is 0 Å². The molecular formula is C6H17N5O16. The van der Waals surface area contributed by atoms with Crippen molar-refractivity contribution in [1.29, 1.82) is 0 Å². The molecule has 0 bridgehead atoms. The van der Waals surface area contributed by atoms with E-state index in [1.165, 1.54) is 0 Å². The fourth-order valence-electron chi connectivity index (χ4n) is 2.02. The smallest absolute Gasteiger partial charge is 0.214 e. The first-order chi connectivity index (χ1) is 12.5. The molecule has 21 heteroatoms. The van der Waals surface area contributed by atoms with E-state index in [4.69, 9.17) is 56.8 Å². The molecule has 0 aromatic heterocycles. The lowest BCUT2D eigenvalue weighted by molar-refractivity contribution is -0.600. The van der Waals surface area contributed by atoms with Gasteiger partial charge in [-0.15, -0.1) is 0 Å². The summed E-state index contributed by atoms with van der Waals surface area (Å²) in [5, 5.41) is 83.1. The van der Waals surface area contributed by atoms with E-state index in [0.717, 1.165) is 0 Å². The highest BCUT2D eigenvalue weighted by atomic mass is 17.1. The molecular weight excluding hydrogens is 398 g/mol. The Morgan fingerprint density at radius 3 is 1.44 bits per heavy atom. The fraction of sp³-hybridized carbons (Fsp3) is 1.00. The Morgan fingerprint density at radius 2 is 1.00 bits per heavy atom. The highest BCUT2D eigenvalue weighted by molar-refractivity contribution is 4.91. The summed E-state index contributed by atoms with van der Waals surface area (Å²) in [5.41, 5.74) is 0. The van der Waals surface area contributed by atoms with Crippen molar-refractivity contribution in [3.63, 3.8) is 0 Å². The van der Waals surface area contributed by atoms with Gasteiger partial charge in [-0.25, -0.2) is 24.2 Å². The van der Waals surface area contributed by atoms with E-state index in [-0.39, 0.29) is 0 Å². The Balaban J connectivity index is 3.19. The van der Waals surface area contributed by atoms with Gasteiger partial charge >= 0.3 is 0 Å². The van der Waals surface area contributed by atoms with Crippen LogP contribution in [0.25, 0.3) is 0 Å². The average molecular weight is 415 g/mol. The molecule has 1 rings (SSSR count). The molecule has 1 aliphatic heterocycles. The van der Waals surface area contributed by atoms with E-state index in [9.17, 15) is 0 Å². The first-order valence-corrected chi connectivity index (χ1v) is 6.36. The third-order valence-electron chi connectivity index (χ3n) is 2.79. The zero-order chi connectivity index (χ0) is 20.7. The van der Waals surface area contributed by atoms with E-state index in [1.807, 2.05) is 0 Å². The molecule has 0 saturated carbocycles. The van der Waals surface area contributed by atoms with Gasteiger partial charge in [0, 0.05) is 0 Å². The van der Waals surface area contributed by atoms with Crippen LogP contribution < -0.4 is 0 Å². The van der Waals surface area contributed by atoms with E-state index in [0.29, 0.717) is 0 Å². The molecule has 0 aliphatic carbocycles. The maximum absolute atomic E-state index is 8.85. The quantitative estimate of drug-likeness (QED) is 0.149. The van der Waals surface area contributed by atoms with Crippen molar-refractivity contribution >= 4 is 0 Å². The minimum Gasteiger partial charge on any atom is -0.339 e. The highest BCUT2D eigenvalue weighted by Gasteiger charge is 2.53. The van der Waals surface area contributed by atoms with Crippen LogP contribution in [0.5, 0.6) is 0 Å². The fourth-order valence-corrected chi connectivity index (χ4v) is 2.02. The Morgan fingerprint density at radius 1 is 0.556 bits per heavy atom. The summed E-state index contributed by atoms with van der Waals surface area (Å²) in [6.45, 7) is -0.909. The summed E-state index contributed by atoms with van der Waals surface area (Å²) >= 11 is 0. The Kier molecular flexibility index (Phi) is 10.1. The average Bonchev–Trinajstić information content (AvgIpc) is 2.49. The van der Waals surface area contributed by atoms with Crippen LogP contribution in [-0.2, 0) is 28.9 Å². The van der Waals surface area contributed by atoms with Gasteiger partial charge < -0.3 is 4.74 Å². The molecule has 1 aliphatic rings. The molecule has 1 saturated heterocycles. The van der Waals surface area contributed by atoms with Crippen LogP contribution in [0, 0.1) is 0 Å². The Hall–Kier alpha value is -0.840. The summed E-state index contributed by atoms with van der Waals surface area (Å²) in [5.74, 6) is 0. The first kappa shape index (κ1) is 24.2. The van der Waals surface area contributed by atoms with Crippen LogP contribution in [-0.4, -0.2) is 116 Å². The second-order valence-corrected chi connectivity index (χ2v) is 4.42. The van der Waals surface area contributed by atoms with Crippen molar-refractivity contribution < 1.29 is 81.0 Å². The van der Waals surface area contributed by atoms with Crippen molar-refractivity contribution in [1.82, 2.24) is 26.9 Å². The van der Waals surface area contributed by atoms with Crippen molar-refractivity contribution in [2.75, 3.05) is 6.61 Å². The zero-order valence-electron chi connectivity index (χ0n) is 12.8. The molecule has 1 heterocycles. The normalized spacial score (nSPS) is 29.7. The minimum absolute atomic E-state index is 0.789. The van der Waals surface area contributed by atoms with Gasteiger partial charge in [0.1, 0.15) is 24.9 Å². The van der Waals surface area contributed by atoms with Gasteiger partial charge in [-0.05, 0) is 0 Å². The zero-order valence-corrected chi connectivity index (χ0v) is 12.8. The predicted molar refractivity (Wildman–Crippen MR) is 57.4 cm³/mol. The highest BCUT2D eigenvalue weighted by Crippen LogP contribution is 2.30. The minimum atomic E-state index is -2.09. The van der Waals surface area contributed by atoms with E-state index >= 15 is 0 Å². The van der Waals surface area contributed by atoms with Crippen molar-refractivity contribution in [2.24, 2.45) is 0 Å². The lowest BCUT2D eigenvalue weighted by atomic mass is 9.99. The third-order valence-corrected chi connectivity index (χ3v) is 2.79. The van der Waals surface area contributed by atoms with Gasteiger partial charge in [-0.1, -0.05) is 0 Å². The standard InChI is InChI=1S/C6H17N5O16/c12-7(13)22-1-2-3(24-8(14)15)4(25-9(16)17)5(26-10(18)19)6(23-2)27-11(20)21/h2-6,12-21H,1H2/t2?,3-,4?,5?,6+/m1/s1. The van der Waals surface area contributed by atoms with Gasteiger partial charge in [0.25, 0.3) is 0 Å². The summed E-state index contributed by atoms with van der Waals surface area (Å²) in [6, 6.07) is 0. The second kappa shape index (κ2) is 11.2. The van der Waals surface area contributed by atoms with Crippen molar-refractivity contribution in [2.45, 2.75) is 30.7 Å². The largest absolute Gasteiger partial charge is 0.339 e. The molecule has 1 fully saturated rings. The van der Waals surface area contributed by atoms with Crippen LogP contribution in [0.3, 0.4) is 0 Å². The molecule has 5 atom stereocenters. The summed E-state index contributed by atoms with van der Waals surface area (Å²) < 4.78 is 5.02. The summed E-state index contributed by atoms with van der Waals surface area (Å²) in [4.78, 5) is 21.8. The van der Waals surface area contributed by atoms with Gasteiger partial charge in [-0.3, -0.25) is 52.1 Å². The topological polar surface area (TPSA) is 274 Å². The van der Waals surface area contributed by atoms with Crippen molar-refractivity contribution in [3.8, 4) is 0 Å². The molecule has 27 heavy (non-hydrogen) atoms. The van der Waals surface area contributed by atoms with E-state index in [2.05, 4.69) is 24.2 Å². The molecule has 0 spiro atoms. The monoisotopic (exact) mass is 415 g/mol. The van der Waals surface area contributed by atoms with E-state index < -0.39 is 64.3 Å². The van der Waals surface area contributed by atoms with Crippen LogP contribution in [0.15, 0.2) is 0 Å². The molecule has 0 aromatic carbocycles. The van der Waals surface area contributed by atoms with Crippen LogP contribution >= 0.6 is 0 Å². The summed E-state index contributed by atoms with van der Waals surface area (Å²) in [6.07, 6.45) is -9.81. The van der Waals surface area contributed by atoms with Gasteiger partial charge in [0.05, 0.1) is 26.9 Å². The van der Waals surface area contributed by atoms with Gasteiger partial charge in [0.2, 0.25) is 6.29 Å². The maximum atomic E-state index is 8.85. The third kappa shape index (κ3) is 8.37. The van der Waals surface area contributed by atoms with Gasteiger partial charge in [-0.2, -0.15) is 0 Å². The van der Waals surface area contributed by atoms with E-state index in [1.54, 1.807) is 0 Å². The molecule has 0 aromatic rings. The molecule has 21 nitrogen and oxygen atoms in total. The second-order valence-electron chi connectivity index (χ2n) is 4.42. The number of rotatable bonds is 11. The van der Waals surface area contributed by atoms with Crippen LogP contribution in [0.1, 0.15) is 0 Å². The summed E-state index contributed by atoms with van der Waals surface area (Å²) in [7, 11) is 0. The molecule has 3 unspecified atom stereocenters. The molecule has 10 N–H and O–H groups in total. The molecule has 162 valence electrons. The van der Waals surface area contributed by atoms with Crippen LogP contribution in [0.2, 0.25) is 0 Å². The first-order valence-electron chi connectivity index (χ1n) is 6.36. The molecule has 0 radical (unpaired) electrons. The number of ether oxygens (including phenoxy) is 1. The number of hydrogen-bond donors (Lipinski definition) is 10. The predicted octanol–water partition coefficient (Wildman–Crippen LogP) is -3.12. The Bertz CT molecular complexity index is 413. The molecule has 0 amide bonds. The Labute approximate surface area is 146 Å².